The van der Waals surface area contributed by atoms with E-state index in [0.717, 1.165) is 42.5 Å². The predicted octanol–water partition coefficient (Wildman–Crippen LogP) is 3.57. The van der Waals surface area contributed by atoms with Gasteiger partial charge in [-0.1, -0.05) is 0 Å². The summed E-state index contributed by atoms with van der Waals surface area (Å²) >= 11 is 1.54. The standard InChI is InChI=1S/C21H27N3O2S/c1-16(27-20-10-8-19(26-3)9-11-20)21(25)22-17-4-6-18(7-5-17)24-14-12-23(2)13-15-24/h4-11,16H,12-15H2,1-3H3,(H,22,25)/t16-/m1/s1. The van der Waals surface area contributed by atoms with Crippen molar-refractivity contribution in [3.63, 3.8) is 0 Å². The second kappa shape index (κ2) is 9.15. The van der Waals surface area contributed by atoms with Crippen LogP contribution in [-0.4, -0.2) is 56.4 Å². The average molecular weight is 386 g/mol. The number of ether oxygens (including phenoxy) is 1. The van der Waals surface area contributed by atoms with E-state index in [2.05, 4.69) is 34.3 Å². The van der Waals surface area contributed by atoms with Crippen molar-refractivity contribution in [3.05, 3.63) is 48.5 Å². The zero-order valence-electron chi connectivity index (χ0n) is 16.1. The maximum atomic E-state index is 12.5. The van der Waals surface area contributed by atoms with Gasteiger partial charge in [-0.05, 0) is 62.5 Å². The molecule has 1 atom stereocenters. The van der Waals surface area contributed by atoms with Crippen LogP contribution in [0.4, 0.5) is 11.4 Å². The molecule has 0 bridgehead atoms. The lowest BCUT2D eigenvalue weighted by molar-refractivity contribution is -0.115. The van der Waals surface area contributed by atoms with Crippen LogP contribution >= 0.6 is 11.8 Å². The summed E-state index contributed by atoms with van der Waals surface area (Å²) in [6.45, 7) is 6.16. The lowest BCUT2D eigenvalue weighted by Crippen LogP contribution is -2.44. The highest BCUT2D eigenvalue weighted by Gasteiger charge is 2.16. The van der Waals surface area contributed by atoms with Gasteiger partial charge in [0.25, 0.3) is 0 Å². The Morgan fingerprint density at radius 2 is 1.67 bits per heavy atom. The van der Waals surface area contributed by atoms with Crippen molar-refractivity contribution in [1.82, 2.24) is 4.90 Å². The molecule has 1 saturated heterocycles. The molecule has 2 aromatic carbocycles. The molecule has 0 saturated carbocycles. The van der Waals surface area contributed by atoms with Gasteiger partial charge in [-0.15, -0.1) is 11.8 Å². The first-order valence-electron chi connectivity index (χ1n) is 9.20. The number of thioether (sulfide) groups is 1. The van der Waals surface area contributed by atoms with Crippen LogP contribution in [0.1, 0.15) is 6.92 Å². The molecule has 0 aliphatic carbocycles. The Morgan fingerprint density at radius 3 is 2.26 bits per heavy atom. The summed E-state index contributed by atoms with van der Waals surface area (Å²) in [6, 6.07) is 15.9. The summed E-state index contributed by atoms with van der Waals surface area (Å²) in [4.78, 5) is 18.3. The minimum absolute atomic E-state index is 0.00293. The van der Waals surface area contributed by atoms with E-state index in [-0.39, 0.29) is 11.2 Å². The van der Waals surface area contributed by atoms with Crippen molar-refractivity contribution in [2.24, 2.45) is 0 Å². The fourth-order valence-corrected chi connectivity index (χ4v) is 3.84. The zero-order chi connectivity index (χ0) is 19.2. The lowest BCUT2D eigenvalue weighted by Gasteiger charge is -2.34. The second-order valence-corrected chi connectivity index (χ2v) is 8.18. The Bertz CT molecular complexity index is 741. The van der Waals surface area contributed by atoms with Gasteiger partial charge in [0.05, 0.1) is 12.4 Å². The topological polar surface area (TPSA) is 44.8 Å². The third-order valence-electron chi connectivity index (χ3n) is 4.74. The number of benzene rings is 2. The van der Waals surface area contributed by atoms with Gasteiger partial charge in [0.15, 0.2) is 0 Å². The van der Waals surface area contributed by atoms with E-state index in [1.54, 1.807) is 7.11 Å². The van der Waals surface area contributed by atoms with E-state index in [9.17, 15) is 4.79 Å². The van der Waals surface area contributed by atoms with Crippen LogP contribution < -0.4 is 15.0 Å². The molecule has 1 amide bonds. The minimum Gasteiger partial charge on any atom is -0.497 e. The van der Waals surface area contributed by atoms with Crippen molar-refractivity contribution in [2.45, 2.75) is 17.1 Å². The van der Waals surface area contributed by atoms with Crippen LogP contribution in [0.3, 0.4) is 0 Å². The Hall–Kier alpha value is -2.18. The van der Waals surface area contributed by atoms with Gasteiger partial charge in [-0.25, -0.2) is 0 Å². The Morgan fingerprint density at radius 1 is 1.04 bits per heavy atom. The van der Waals surface area contributed by atoms with E-state index in [1.165, 1.54) is 17.4 Å². The highest BCUT2D eigenvalue weighted by atomic mass is 32.2. The third kappa shape index (κ3) is 5.40. The Kier molecular flexibility index (Phi) is 6.63. The second-order valence-electron chi connectivity index (χ2n) is 6.76. The highest BCUT2D eigenvalue weighted by molar-refractivity contribution is 8.00. The van der Waals surface area contributed by atoms with Crippen LogP contribution in [0.2, 0.25) is 0 Å². The van der Waals surface area contributed by atoms with Gasteiger partial charge in [0.1, 0.15) is 5.75 Å². The smallest absolute Gasteiger partial charge is 0.237 e. The van der Waals surface area contributed by atoms with Crippen molar-refractivity contribution in [1.29, 1.82) is 0 Å². The third-order valence-corrected chi connectivity index (χ3v) is 5.86. The molecule has 0 unspecified atom stereocenters. The molecular formula is C21H27N3O2S. The Balaban J connectivity index is 1.53. The van der Waals surface area contributed by atoms with Crippen molar-refractivity contribution in [3.8, 4) is 5.75 Å². The molecule has 1 aliphatic heterocycles. The summed E-state index contributed by atoms with van der Waals surface area (Å²) < 4.78 is 5.16. The van der Waals surface area contributed by atoms with Crippen LogP contribution in [0.15, 0.2) is 53.4 Å². The van der Waals surface area contributed by atoms with Gasteiger partial charge in [0, 0.05) is 42.4 Å². The van der Waals surface area contributed by atoms with Crippen molar-refractivity contribution >= 4 is 29.0 Å². The fourth-order valence-electron chi connectivity index (χ4n) is 2.98. The summed E-state index contributed by atoms with van der Waals surface area (Å²) in [5, 5.41) is 2.83. The van der Waals surface area contributed by atoms with Gasteiger partial charge < -0.3 is 19.9 Å². The van der Waals surface area contributed by atoms with E-state index in [0.29, 0.717) is 0 Å². The molecule has 5 nitrogen and oxygen atoms in total. The molecule has 3 rings (SSSR count). The number of nitrogens with one attached hydrogen (secondary N) is 1. The first kappa shape index (κ1) is 19.6. The largest absolute Gasteiger partial charge is 0.497 e. The van der Waals surface area contributed by atoms with Crippen LogP contribution in [0.25, 0.3) is 0 Å². The van der Waals surface area contributed by atoms with E-state index < -0.39 is 0 Å². The molecule has 144 valence electrons. The molecule has 0 aromatic heterocycles. The number of hydrogen-bond acceptors (Lipinski definition) is 5. The monoisotopic (exact) mass is 385 g/mol. The summed E-state index contributed by atoms with van der Waals surface area (Å²) in [5.74, 6) is 0.820. The molecule has 27 heavy (non-hydrogen) atoms. The zero-order valence-corrected chi connectivity index (χ0v) is 17.0. The fraction of sp³-hybridized carbons (Fsp3) is 0.381. The first-order valence-corrected chi connectivity index (χ1v) is 10.1. The lowest BCUT2D eigenvalue weighted by atomic mass is 10.2. The molecular weight excluding hydrogens is 358 g/mol. The van der Waals surface area contributed by atoms with Gasteiger partial charge >= 0.3 is 0 Å². The van der Waals surface area contributed by atoms with E-state index in [4.69, 9.17) is 4.74 Å². The molecule has 2 aromatic rings. The number of rotatable bonds is 6. The quantitative estimate of drug-likeness (QED) is 0.770. The van der Waals surface area contributed by atoms with Crippen LogP contribution in [-0.2, 0) is 4.79 Å². The molecule has 1 N–H and O–H groups in total. The van der Waals surface area contributed by atoms with Gasteiger partial charge in [0.2, 0.25) is 5.91 Å². The molecule has 0 radical (unpaired) electrons. The molecule has 0 spiro atoms. The number of piperazine rings is 1. The minimum atomic E-state index is -0.185. The summed E-state index contributed by atoms with van der Waals surface area (Å²) in [5.41, 5.74) is 2.04. The number of carbonyl (C=O) groups excluding carboxylic acids is 1. The van der Waals surface area contributed by atoms with E-state index >= 15 is 0 Å². The number of amides is 1. The predicted molar refractivity (Wildman–Crippen MR) is 113 cm³/mol. The maximum absolute atomic E-state index is 12.5. The van der Waals surface area contributed by atoms with Crippen LogP contribution in [0.5, 0.6) is 5.75 Å². The van der Waals surface area contributed by atoms with Gasteiger partial charge in [-0.2, -0.15) is 0 Å². The number of hydrogen-bond donors (Lipinski definition) is 1. The molecule has 6 heteroatoms. The average Bonchev–Trinajstić information content (AvgIpc) is 2.70. The molecule has 1 aliphatic rings. The number of methoxy groups -OCH3 is 1. The van der Waals surface area contributed by atoms with Crippen molar-refractivity contribution < 1.29 is 9.53 Å². The van der Waals surface area contributed by atoms with Gasteiger partial charge in [-0.3, -0.25) is 4.79 Å². The molecule has 1 heterocycles. The Labute approximate surface area is 165 Å². The number of anilines is 2. The van der Waals surface area contributed by atoms with Crippen LogP contribution in [0, 0.1) is 0 Å². The SMILES string of the molecule is COc1ccc(S[C@H](C)C(=O)Nc2ccc(N3CCN(C)CC3)cc2)cc1. The molecule has 1 fully saturated rings. The first-order chi connectivity index (χ1) is 13.0. The summed E-state index contributed by atoms with van der Waals surface area (Å²) in [7, 11) is 3.80. The number of nitrogens with zero attached hydrogens (tertiary/aromatic N) is 2. The summed E-state index contributed by atoms with van der Waals surface area (Å²) in [6.07, 6.45) is 0. The maximum Gasteiger partial charge on any atom is 0.237 e. The van der Waals surface area contributed by atoms with Crippen molar-refractivity contribution in [2.75, 3.05) is 50.6 Å². The normalized spacial score (nSPS) is 16.0. The number of carbonyl (C=O) groups is 1. The number of likely N-dealkylation sites (N-methyl/N-ethyl adjacent to an activating group) is 1. The van der Waals surface area contributed by atoms with E-state index in [1.807, 2.05) is 43.3 Å². The highest BCUT2D eigenvalue weighted by Crippen LogP contribution is 2.26.